The van der Waals surface area contributed by atoms with Gasteiger partial charge in [0.2, 0.25) is 0 Å². The van der Waals surface area contributed by atoms with E-state index in [1.807, 2.05) is 6.07 Å². The fourth-order valence-electron chi connectivity index (χ4n) is 4.45. The van der Waals surface area contributed by atoms with Gasteiger partial charge in [-0.25, -0.2) is 0 Å². The number of esters is 1. The van der Waals surface area contributed by atoms with Crippen LogP contribution in [0.25, 0.3) is 6.08 Å². The summed E-state index contributed by atoms with van der Waals surface area (Å²) in [5.41, 5.74) is 2.45. The number of ether oxygens (including phenoxy) is 1. The van der Waals surface area contributed by atoms with Gasteiger partial charge in [0.05, 0.1) is 25.6 Å². The van der Waals surface area contributed by atoms with Crippen LogP contribution in [0.1, 0.15) is 24.8 Å². The first-order valence-electron chi connectivity index (χ1n) is 7.34. The van der Waals surface area contributed by atoms with E-state index >= 15 is 0 Å². The highest BCUT2D eigenvalue weighted by atomic mass is 16.5. The number of hydrogen-bond donors (Lipinski definition) is 0. The Balaban J connectivity index is 1.70. The van der Waals surface area contributed by atoms with Crippen molar-refractivity contribution in [1.82, 2.24) is 4.90 Å². The van der Waals surface area contributed by atoms with Crippen LogP contribution in [0.15, 0.2) is 28.6 Å². The molecule has 4 unspecified atom stereocenters. The van der Waals surface area contributed by atoms with Gasteiger partial charge in [0.1, 0.15) is 0 Å². The lowest BCUT2D eigenvalue weighted by molar-refractivity contribution is -0.153. The first-order valence-corrected chi connectivity index (χ1v) is 7.34. The average molecular weight is 273 g/mol. The zero-order chi connectivity index (χ0) is 13.7. The van der Waals surface area contributed by atoms with Crippen LogP contribution >= 0.6 is 0 Å². The Bertz CT molecular complexity index is 548. The number of nitrogens with zero attached hydrogens (tertiary/aromatic N) is 1. The van der Waals surface area contributed by atoms with Crippen molar-refractivity contribution in [2.24, 2.45) is 11.8 Å². The number of methoxy groups -OCH3 is 1. The summed E-state index contributed by atoms with van der Waals surface area (Å²) in [6.07, 6.45) is 9.10. The molecule has 0 radical (unpaired) electrons. The molecule has 4 aliphatic heterocycles. The van der Waals surface area contributed by atoms with E-state index in [2.05, 4.69) is 11.0 Å². The second-order valence-corrected chi connectivity index (χ2v) is 6.14. The molecule has 106 valence electrons. The third-order valence-corrected chi connectivity index (χ3v) is 5.27. The summed E-state index contributed by atoms with van der Waals surface area (Å²) < 4.78 is 10.2. The SMILES string of the molecule is COC(=O)[C@H]1C2CC3CCC1N3C/C2=C/c1ccoc1. The summed E-state index contributed by atoms with van der Waals surface area (Å²) in [6, 6.07) is 3.03. The molecule has 0 amide bonds. The molecule has 0 N–H and O–H groups in total. The molecule has 0 aromatic carbocycles. The van der Waals surface area contributed by atoms with Crippen LogP contribution in [0, 0.1) is 11.8 Å². The number of rotatable bonds is 2. The number of piperidine rings is 3. The van der Waals surface area contributed by atoms with Crippen molar-refractivity contribution in [3.05, 3.63) is 29.7 Å². The van der Waals surface area contributed by atoms with Crippen LogP contribution in [-0.4, -0.2) is 36.6 Å². The summed E-state index contributed by atoms with van der Waals surface area (Å²) in [7, 11) is 1.51. The van der Waals surface area contributed by atoms with Gasteiger partial charge in [0, 0.05) is 24.2 Å². The Morgan fingerprint density at radius 1 is 1.50 bits per heavy atom. The third-order valence-electron chi connectivity index (χ3n) is 5.27. The molecule has 5 heterocycles. The van der Waals surface area contributed by atoms with Gasteiger partial charge in [-0.05, 0) is 31.2 Å². The Labute approximate surface area is 118 Å². The molecule has 5 atom stereocenters. The zero-order valence-corrected chi connectivity index (χ0v) is 11.6. The van der Waals surface area contributed by atoms with E-state index in [1.165, 1.54) is 19.1 Å². The van der Waals surface area contributed by atoms with Crippen LogP contribution in [0.3, 0.4) is 0 Å². The molecule has 4 bridgehead atoms. The molecule has 1 aromatic rings. The third kappa shape index (κ3) is 1.67. The number of fused-ring (bicyclic) bond motifs is 1. The van der Waals surface area contributed by atoms with Crippen molar-refractivity contribution in [3.63, 3.8) is 0 Å². The van der Waals surface area contributed by atoms with Gasteiger partial charge in [-0.1, -0.05) is 11.6 Å². The first-order chi connectivity index (χ1) is 9.78. The Kier molecular flexibility index (Phi) is 2.74. The number of carbonyl (C=O) groups excluding carboxylic acids is 1. The lowest BCUT2D eigenvalue weighted by Gasteiger charge is -2.50. The van der Waals surface area contributed by atoms with Crippen LogP contribution in [-0.2, 0) is 9.53 Å². The topological polar surface area (TPSA) is 42.7 Å². The molecule has 0 saturated carbocycles. The number of hydrogen-bond acceptors (Lipinski definition) is 4. The molecular formula is C16H19NO3. The summed E-state index contributed by atoms with van der Waals surface area (Å²) >= 11 is 0. The van der Waals surface area contributed by atoms with E-state index in [-0.39, 0.29) is 11.9 Å². The highest BCUT2D eigenvalue weighted by Gasteiger charge is 2.55. The molecule has 1 aromatic heterocycles. The van der Waals surface area contributed by atoms with Gasteiger partial charge < -0.3 is 9.15 Å². The standard InChI is InChI=1S/C16H19NO3/c1-19-16(18)15-13-7-12-2-3-14(15)17(12)8-11(13)6-10-4-5-20-9-10/h4-6,9,12-15H,2-3,7-8H2,1H3/b11-6-/t12?,13?,14?,15-/m0/s1. The molecular weight excluding hydrogens is 254 g/mol. The van der Waals surface area contributed by atoms with Crippen molar-refractivity contribution in [2.75, 3.05) is 13.7 Å². The van der Waals surface area contributed by atoms with Gasteiger partial charge in [-0.2, -0.15) is 0 Å². The second-order valence-electron chi connectivity index (χ2n) is 6.14. The Morgan fingerprint density at radius 3 is 3.15 bits per heavy atom. The van der Waals surface area contributed by atoms with Gasteiger partial charge in [0.25, 0.3) is 0 Å². The monoisotopic (exact) mass is 273 g/mol. The van der Waals surface area contributed by atoms with E-state index < -0.39 is 0 Å². The van der Waals surface area contributed by atoms with E-state index in [0.717, 1.165) is 24.9 Å². The van der Waals surface area contributed by atoms with Crippen LogP contribution < -0.4 is 0 Å². The maximum atomic E-state index is 12.2. The molecule has 4 fully saturated rings. The molecule has 5 rings (SSSR count). The van der Waals surface area contributed by atoms with E-state index in [0.29, 0.717) is 18.0 Å². The lowest BCUT2D eigenvalue weighted by atomic mass is 9.71. The minimum absolute atomic E-state index is 0.0191. The first kappa shape index (κ1) is 12.2. The predicted molar refractivity (Wildman–Crippen MR) is 73.8 cm³/mol. The molecule has 4 heteroatoms. The normalized spacial score (nSPS) is 40.2. The highest BCUT2D eigenvalue weighted by molar-refractivity contribution is 5.75. The molecule has 20 heavy (non-hydrogen) atoms. The fourth-order valence-corrected chi connectivity index (χ4v) is 4.45. The van der Waals surface area contributed by atoms with E-state index in [9.17, 15) is 4.79 Å². The van der Waals surface area contributed by atoms with Crippen LogP contribution in [0.2, 0.25) is 0 Å². The quantitative estimate of drug-likeness (QED) is 0.776. The van der Waals surface area contributed by atoms with E-state index in [4.69, 9.17) is 9.15 Å². The second kappa shape index (κ2) is 4.48. The lowest BCUT2D eigenvalue weighted by Crippen LogP contribution is -2.58. The molecule has 0 aliphatic carbocycles. The van der Waals surface area contributed by atoms with Crippen LogP contribution in [0.5, 0.6) is 0 Å². The number of carbonyl (C=O) groups is 1. The van der Waals surface area contributed by atoms with Crippen LogP contribution in [0.4, 0.5) is 0 Å². The molecule has 0 spiro atoms. The predicted octanol–water partition coefficient (Wildman–Crippen LogP) is 2.32. The van der Waals surface area contributed by atoms with Gasteiger partial charge in [-0.3, -0.25) is 9.69 Å². The smallest absolute Gasteiger partial charge is 0.310 e. The summed E-state index contributed by atoms with van der Waals surface area (Å²) in [4.78, 5) is 14.7. The largest absolute Gasteiger partial charge is 0.472 e. The average Bonchev–Trinajstić information content (AvgIpc) is 3.07. The van der Waals surface area contributed by atoms with Crippen molar-refractivity contribution >= 4 is 12.0 Å². The van der Waals surface area contributed by atoms with Gasteiger partial charge in [0.15, 0.2) is 0 Å². The maximum Gasteiger partial charge on any atom is 0.310 e. The fraction of sp³-hybridized carbons (Fsp3) is 0.562. The Hall–Kier alpha value is -1.55. The highest BCUT2D eigenvalue weighted by Crippen LogP contribution is 2.50. The van der Waals surface area contributed by atoms with Crippen molar-refractivity contribution in [3.8, 4) is 0 Å². The van der Waals surface area contributed by atoms with Crippen molar-refractivity contribution < 1.29 is 13.9 Å². The summed E-state index contributed by atoms with van der Waals surface area (Å²) in [5, 5.41) is 0. The summed E-state index contributed by atoms with van der Waals surface area (Å²) in [6.45, 7) is 0.999. The zero-order valence-electron chi connectivity index (χ0n) is 11.6. The molecule has 4 aliphatic rings. The minimum Gasteiger partial charge on any atom is -0.472 e. The minimum atomic E-state index is -0.0388. The summed E-state index contributed by atoms with van der Waals surface area (Å²) in [5.74, 6) is 0.327. The van der Waals surface area contributed by atoms with Crippen molar-refractivity contribution in [2.45, 2.75) is 31.3 Å². The molecule has 4 nitrogen and oxygen atoms in total. The van der Waals surface area contributed by atoms with Crippen molar-refractivity contribution in [1.29, 1.82) is 0 Å². The van der Waals surface area contributed by atoms with Gasteiger partial charge in [-0.15, -0.1) is 0 Å². The number of furan rings is 1. The Morgan fingerprint density at radius 2 is 2.40 bits per heavy atom. The van der Waals surface area contributed by atoms with Gasteiger partial charge >= 0.3 is 5.97 Å². The maximum absolute atomic E-state index is 12.2. The molecule has 4 saturated heterocycles. The van der Waals surface area contributed by atoms with E-state index in [1.54, 1.807) is 12.5 Å².